The second-order valence-electron chi connectivity index (χ2n) is 4.89. The highest BCUT2D eigenvalue weighted by Gasteiger charge is 2.03. The third-order valence-electron chi connectivity index (χ3n) is 3.25. The highest BCUT2D eigenvalue weighted by molar-refractivity contribution is 5.20. The minimum atomic E-state index is 0.453. The predicted molar refractivity (Wildman–Crippen MR) is 79.6 cm³/mol. The summed E-state index contributed by atoms with van der Waals surface area (Å²) in [6, 6.07) is 8.52. The second-order valence-corrected chi connectivity index (χ2v) is 4.89. The van der Waals surface area contributed by atoms with Gasteiger partial charge in [0.1, 0.15) is 0 Å². The van der Waals surface area contributed by atoms with Gasteiger partial charge >= 0.3 is 0 Å². The standard InChI is InChI=1S/C16H21N3O/c1-13(5-6-14-4-3-8-17-11-14)19-12-15-7-9-18-16(10-15)20-2/h3-4,7-11,13,19H,5-6,12H2,1-2H3. The topological polar surface area (TPSA) is 47.0 Å². The summed E-state index contributed by atoms with van der Waals surface area (Å²) >= 11 is 0. The average molecular weight is 271 g/mol. The molecular weight excluding hydrogens is 250 g/mol. The van der Waals surface area contributed by atoms with Gasteiger partial charge in [-0.15, -0.1) is 0 Å². The van der Waals surface area contributed by atoms with E-state index in [9.17, 15) is 0 Å². The molecule has 4 heteroatoms. The molecule has 2 aromatic heterocycles. The molecule has 4 nitrogen and oxygen atoms in total. The summed E-state index contributed by atoms with van der Waals surface area (Å²) in [4.78, 5) is 8.24. The zero-order valence-electron chi connectivity index (χ0n) is 12.0. The summed E-state index contributed by atoms with van der Waals surface area (Å²) in [7, 11) is 1.63. The first-order chi connectivity index (χ1) is 9.78. The van der Waals surface area contributed by atoms with Gasteiger partial charge in [0, 0.05) is 37.2 Å². The maximum absolute atomic E-state index is 5.12. The van der Waals surface area contributed by atoms with Gasteiger partial charge in [0.15, 0.2) is 0 Å². The van der Waals surface area contributed by atoms with E-state index in [1.54, 1.807) is 13.3 Å². The lowest BCUT2D eigenvalue weighted by molar-refractivity contribution is 0.396. The van der Waals surface area contributed by atoms with E-state index in [2.05, 4.69) is 28.3 Å². The maximum Gasteiger partial charge on any atom is 0.213 e. The van der Waals surface area contributed by atoms with E-state index in [-0.39, 0.29) is 0 Å². The van der Waals surface area contributed by atoms with E-state index >= 15 is 0 Å². The average Bonchev–Trinajstić information content (AvgIpc) is 2.52. The van der Waals surface area contributed by atoms with Crippen molar-refractivity contribution in [2.45, 2.75) is 32.4 Å². The number of methoxy groups -OCH3 is 1. The SMILES string of the molecule is COc1cc(CNC(C)CCc2cccnc2)ccn1. The number of aromatic nitrogens is 2. The van der Waals surface area contributed by atoms with Crippen molar-refractivity contribution in [1.82, 2.24) is 15.3 Å². The largest absolute Gasteiger partial charge is 0.481 e. The minimum absolute atomic E-state index is 0.453. The zero-order valence-corrected chi connectivity index (χ0v) is 12.0. The monoisotopic (exact) mass is 271 g/mol. The van der Waals surface area contributed by atoms with Crippen LogP contribution in [0.1, 0.15) is 24.5 Å². The summed E-state index contributed by atoms with van der Waals surface area (Å²) in [5.41, 5.74) is 2.47. The number of aryl methyl sites for hydroxylation is 1. The molecule has 0 aliphatic heterocycles. The van der Waals surface area contributed by atoms with Crippen LogP contribution in [-0.4, -0.2) is 23.1 Å². The molecule has 0 radical (unpaired) electrons. The van der Waals surface area contributed by atoms with Gasteiger partial charge in [-0.25, -0.2) is 4.98 Å². The van der Waals surface area contributed by atoms with Gasteiger partial charge < -0.3 is 10.1 Å². The number of ether oxygens (including phenoxy) is 1. The van der Waals surface area contributed by atoms with Gasteiger partial charge in [-0.05, 0) is 43.0 Å². The van der Waals surface area contributed by atoms with Crippen LogP contribution in [0.4, 0.5) is 0 Å². The summed E-state index contributed by atoms with van der Waals surface area (Å²) in [6.45, 7) is 3.03. The van der Waals surface area contributed by atoms with E-state index in [1.165, 1.54) is 11.1 Å². The van der Waals surface area contributed by atoms with Crippen molar-refractivity contribution >= 4 is 0 Å². The quantitative estimate of drug-likeness (QED) is 0.841. The van der Waals surface area contributed by atoms with Crippen molar-refractivity contribution in [3.8, 4) is 5.88 Å². The highest BCUT2D eigenvalue weighted by Crippen LogP contribution is 2.09. The van der Waals surface area contributed by atoms with E-state index in [1.807, 2.05) is 30.6 Å². The van der Waals surface area contributed by atoms with E-state index in [0.717, 1.165) is 19.4 Å². The lowest BCUT2D eigenvalue weighted by Gasteiger charge is -2.14. The third-order valence-corrected chi connectivity index (χ3v) is 3.25. The Morgan fingerprint density at radius 3 is 2.90 bits per heavy atom. The molecule has 0 aliphatic rings. The molecule has 0 saturated heterocycles. The van der Waals surface area contributed by atoms with Gasteiger partial charge in [0.05, 0.1) is 7.11 Å². The Balaban J connectivity index is 1.75. The molecule has 106 valence electrons. The summed E-state index contributed by atoms with van der Waals surface area (Å²) in [6.07, 6.45) is 7.65. The van der Waals surface area contributed by atoms with Crippen molar-refractivity contribution in [2.75, 3.05) is 7.11 Å². The zero-order chi connectivity index (χ0) is 14.2. The van der Waals surface area contributed by atoms with Crippen LogP contribution in [0.25, 0.3) is 0 Å². The fourth-order valence-electron chi connectivity index (χ4n) is 2.00. The number of pyridine rings is 2. The fourth-order valence-corrected chi connectivity index (χ4v) is 2.00. The van der Waals surface area contributed by atoms with Crippen LogP contribution in [-0.2, 0) is 13.0 Å². The predicted octanol–water partition coefficient (Wildman–Crippen LogP) is 2.60. The lowest BCUT2D eigenvalue weighted by atomic mass is 10.1. The summed E-state index contributed by atoms with van der Waals surface area (Å²) in [5, 5.41) is 3.52. The minimum Gasteiger partial charge on any atom is -0.481 e. The Bertz CT molecular complexity index is 516. The summed E-state index contributed by atoms with van der Waals surface area (Å²) < 4.78 is 5.12. The Morgan fingerprint density at radius 2 is 2.15 bits per heavy atom. The number of hydrogen-bond acceptors (Lipinski definition) is 4. The first kappa shape index (κ1) is 14.5. The molecule has 1 atom stereocenters. The fraction of sp³-hybridized carbons (Fsp3) is 0.375. The van der Waals surface area contributed by atoms with Crippen molar-refractivity contribution < 1.29 is 4.74 Å². The maximum atomic E-state index is 5.12. The van der Waals surface area contributed by atoms with Crippen molar-refractivity contribution in [1.29, 1.82) is 0 Å². The van der Waals surface area contributed by atoms with E-state index < -0.39 is 0 Å². The Hall–Kier alpha value is -1.94. The molecule has 20 heavy (non-hydrogen) atoms. The van der Waals surface area contributed by atoms with Gasteiger partial charge in [0.2, 0.25) is 5.88 Å². The van der Waals surface area contributed by atoms with Gasteiger partial charge in [-0.2, -0.15) is 0 Å². The smallest absolute Gasteiger partial charge is 0.213 e. The Morgan fingerprint density at radius 1 is 1.25 bits per heavy atom. The molecule has 2 aromatic rings. The van der Waals surface area contributed by atoms with Crippen LogP contribution in [0.5, 0.6) is 5.88 Å². The number of nitrogens with zero attached hydrogens (tertiary/aromatic N) is 2. The van der Waals surface area contributed by atoms with Crippen LogP contribution < -0.4 is 10.1 Å². The van der Waals surface area contributed by atoms with E-state index in [4.69, 9.17) is 4.74 Å². The molecule has 0 amide bonds. The molecule has 0 saturated carbocycles. The third kappa shape index (κ3) is 4.63. The number of hydrogen-bond donors (Lipinski definition) is 1. The van der Waals surface area contributed by atoms with Gasteiger partial charge in [-0.1, -0.05) is 6.07 Å². The number of rotatable bonds is 7. The van der Waals surface area contributed by atoms with Crippen molar-refractivity contribution in [2.24, 2.45) is 0 Å². The van der Waals surface area contributed by atoms with Gasteiger partial charge in [0.25, 0.3) is 0 Å². The molecule has 0 aliphatic carbocycles. The van der Waals surface area contributed by atoms with Crippen LogP contribution >= 0.6 is 0 Å². The molecular formula is C16H21N3O. The number of nitrogens with one attached hydrogen (secondary N) is 1. The molecule has 1 N–H and O–H groups in total. The highest BCUT2D eigenvalue weighted by atomic mass is 16.5. The molecule has 0 aromatic carbocycles. The Labute approximate surface area is 120 Å². The molecule has 0 bridgehead atoms. The first-order valence-electron chi connectivity index (χ1n) is 6.89. The molecule has 0 fully saturated rings. The molecule has 2 heterocycles. The van der Waals surface area contributed by atoms with Crippen LogP contribution in [0.15, 0.2) is 42.9 Å². The van der Waals surface area contributed by atoms with Crippen LogP contribution in [0.2, 0.25) is 0 Å². The van der Waals surface area contributed by atoms with Crippen LogP contribution in [0.3, 0.4) is 0 Å². The van der Waals surface area contributed by atoms with Crippen LogP contribution in [0, 0.1) is 0 Å². The van der Waals surface area contributed by atoms with Gasteiger partial charge in [-0.3, -0.25) is 4.98 Å². The molecule has 2 rings (SSSR count). The van der Waals surface area contributed by atoms with E-state index in [0.29, 0.717) is 11.9 Å². The van der Waals surface area contributed by atoms with Crippen molar-refractivity contribution in [3.63, 3.8) is 0 Å². The Kier molecular flexibility index (Phi) is 5.50. The normalized spacial score (nSPS) is 12.1. The van der Waals surface area contributed by atoms with Crippen molar-refractivity contribution in [3.05, 3.63) is 54.0 Å². The lowest BCUT2D eigenvalue weighted by Crippen LogP contribution is -2.26. The molecule has 1 unspecified atom stereocenters. The second kappa shape index (κ2) is 7.60. The summed E-state index contributed by atoms with van der Waals surface area (Å²) in [5.74, 6) is 0.660. The molecule has 0 spiro atoms. The first-order valence-corrected chi connectivity index (χ1v) is 6.89.